The Balaban J connectivity index is 1.41. The van der Waals surface area contributed by atoms with E-state index in [1.54, 1.807) is 35.2 Å². The highest BCUT2D eigenvalue weighted by Crippen LogP contribution is 2.20. The predicted molar refractivity (Wildman–Crippen MR) is 113 cm³/mol. The van der Waals surface area contributed by atoms with Gasteiger partial charge in [0.05, 0.1) is 9.92 Å². The third-order valence-corrected chi connectivity index (χ3v) is 6.58. The van der Waals surface area contributed by atoms with Crippen LogP contribution in [0.1, 0.15) is 19.3 Å². The maximum absolute atomic E-state index is 12.4. The summed E-state index contributed by atoms with van der Waals surface area (Å²) >= 11 is 5.78. The Morgan fingerprint density at radius 2 is 1.80 bits per heavy atom. The molecule has 0 atom stereocenters. The molecular formula is C20H23ClN4O4S. The molecule has 1 saturated heterocycles. The third-order valence-electron chi connectivity index (χ3n) is 4.88. The van der Waals surface area contributed by atoms with Crippen molar-refractivity contribution in [3.63, 3.8) is 0 Å². The maximum atomic E-state index is 12.4. The number of aromatic nitrogens is 1. The fourth-order valence-corrected chi connectivity index (χ4v) is 4.37. The number of nitrogens with one attached hydrogen (secondary N) is 2. The number of carbonyl (C=O) groups is 2. The van der Waals surface area contributed by atoms with Gasteiger partial charge in [-0.3, -0.25) is 9.59 Å². The molecule has 2 heterocycles. The summed E-state index contributed by atoms with van der Waals surface area (Å²) in [5.74, 6) is -0.0340. The van der Waals surface area contributed by atoms with Crippen molar-refractivity contribution in [1.29, 1.82) is 0 Å². The van der Waals surface area contributed by atoms with Crippen LogP contribution in [-0.4, -0.2) is 49.8 Å². The van der Waals surface area contributed by atoms with Crippen molar-refractivity contribution in [2.45, 2.75) is 24.2 Å². The lowest BCUT2D eigenvalue weighted by molar-refractivity contribution is -0.134. The quantitative estimate of drug-likeness (QED) is 0.672. The molecule has 0 saturated carbocycles. The minimum atomic E-state index is -3.63. The second-order valence-electron chi connectivity index (χ2n) is 6.97. The van der Waals surface area contributed by atoms with E-state index in [4.69, 9.17) is 11.6 Å². The minimum absolute atomic E-state index is 0.0265. The second-order valence-corrected chi connectivity index (χ2v) is 9.17. The first kappa shape index (κ1) is 22.2. The molecule has 8 nitrogen and oxygen atoms in total. The first-order valence-electron chi connectivity index (χ1n) is 9.60. The average molecular weight is 451 g/mol. The van der Waals surface area contributed by atoms with Gasteiger partial charge in [-0.15, -0.1) is 0 Å². The zero-order chi connectivity index (χ0) is 21.6. The van der Waals surface area contributed by atoms with Crippen molar-refractivity contribution in [2.24, 2.45) is 5.92 Å². The summed E-state index contributed by atoms with van der Waals surface area (Å²) in [5.41, 5.74) is 0. The third kappa shape index (κ3) is 6.01. The van der Waals surface area contributed by atoms with E-state index < -0.39 is 10.0 Å². The van der Waals surface area contributed by atoms with Gasteiger partial charge in [-0.05, 0) is 37.1 Å². The Labute approximate surface area is 180 Å². The summed E-state index contributed by atoms with van der Waals surface area (Å²) in [6, 6.07) is 11.3. The van der Waals surface area contributed by atoms with Gasteiger partial charge in [0.25, 0.3) is 0 Å². The molecule has 3 rings (SSSR count). The van der Waals surface area contributed by atoms with Crippen LogP contribution in [0, 0.1) is 5.92 Å². The molecule has 0 unspecified atom stereocenters. The summed E-state index contributed by atoms with van der Waals surface area (Å²) in [5, 5.41) is 3.25. The Bertz CT molecular complexity index is 976. The number of anilines is 1. The van der Waals surface area contributed by atoms with Crippen molar-refractivity contribution < 1.29 is 18.0 Å². The normalized spacial score (nSPS) is 15.0. The molecule has 0 aliphatic carbocycles. The molecule has 160 valence electrons. The van der Waals surface area contributed by atoms with E-state index in [9.17, 15) is 18.0 Å². The molecule has 1 aliphatic rings. The molecular weight excluding hydrogens is 428 g/mol. The van der Waals surface area contributed by atoms with E-state index in [1.165, 1.54) is 18.3 Å². The molecule has 2 amide bonds. The van der Waals surface area contributed by atoms with Gasteiger partial charge >= 0.3 is 0 Å². The molecule has 30 heavy (non-hydrogen) atoms. The molecule has 10 heteroatoms. The fraction of sp³-hybridized carbons (Fsp3) is 0.350. The van der Waals surface area contributed by atoms with Gasteiger partial charge in [0, 0.05) is 38.2 Å². The molecule has 2 aromatic rings. The van der Waals surface area contributed by atoms with Gasteiger partial charge in [0.2, 0.25) is 21.8 Å². The maximum Gasteiger partial charge on any atom is 0.240 e. The van der Waals surface area contributed by atoms with Crippen LogP contribution < -0.4 is 10.0 Å². The summed E-state index contributed by atoms with van der Waals surface area (Å²) in [4.78, 5) is 30.7. The predicted octanol–water partition coefficient (Wildman–Crippen LogP) is 2.28. The first-order valence-corrected chi connectivity index (χ1v) is 11.5. The smallest absolute Gasteiger partial charge is 0.240 e. The van der Waals surface area contributed by atoms with Gasteiger partial charge in [-0.1, -0.05) is 29.8 Å². The molecule has 1 aromatic carbocycles. The number of hydrogen-bond donors (Lipinski definition) is 2. The second kappa shape index (κ2) is 10.0. The number of piperidine rings is 1. The molecule has 1 fully saturated rings. The van der Waals surface area contributed by atoms with Crippen LogP contribution in [0.3, 0.4) is 0 Å². The standard InChI is InChI=1S/C20H23ClN4O4S/c21-16-6-7-18(22-14-16)24-20(27)15-9-12-25(13-10-15)19(26)8-11-23-30(28,29)17-4-2-1-3-5-17/h1-7,14-15,23H,8-13H2,(H,22,24,27). The van der Waals surface area contributed by atoms with Gasteiger partial charge in [0.15, 0.2) is 0 Å². The monoisotopic (exact) mass is 450 g/mol. The Morgan fingerprint density at radius 3 is 2.43 bits per heavy atom. The number of likely N-dealkylation sites (tertiary alicyclic amines) is 1. The summed E-state index contributed by atoms with van der Waals surface area (Å²) in [7, 11) is -3.63. The fourth-order valence-electron chi connectivity index (χ4n) is 3.20. The molecule has 0 bridgehead atoms. The molecule has 2 N–H and O–H groups in total. The number of benzene rings is 1. The first-order chi connectivity index (χ1) is 14.3. The zero-order valence-electron chi connectivity index (χ0n) is 16.3. The number of rotatable bonds is 7. The number of hydrogen-bond acceptors (Lipinski definition) is 5. The molecule has 0 radical (unpaired) electrons. The number of sulfonamides is 1. The van der Waals surface area contributed by atoms with Gasteiger partial charge in [0.1, 0.15) is 5.82 Å². The highest BCUT2D eigenvalue weighted by molar-refractivity contribution is 7.89. The van der Waals surface area contributed by atoms with Gasteiger partial charge in [-0.25, -0.2) is 18.1 Å². The topological polar surface area (TPSA) is 108 Å². The Kier molecular flexibility index (Phi) is 7.41. The van der Waals surface area contributed by atoms with Crippen LogP contribution in [0.5, 0.6) is 0 Å². The van der Waals surface area contributed by atoms with Gasteiger partial charge < -0.3 is 10.2 Å². The highest BCUT2D eigenvalue weighted by Gasteiger charge is 2.27. The van der Waals surface area contributed by atoms with Crippen LogP contribution in [0.4, 0.5) is 5.82 Å². The van der Waals surface area contributed by atoms with Crippen molar-refractivity contribution in [2.75, 3.05) is 25.0 Å². The van der Waals surface area contributed by atoms with E-state index in [1.807, 2.05) is 0 Å². The summed E-state index contributed by atoms with van der Waals surface area (Å²) < 4.78 is 26.8. The largest absolute Gasteiger partial charge is 0.343 e. The number of amides is 2. The lowest BCUT2D eigenvalue weighted by atomic mass is 9.95. The van der Waals surface area contributed by atoms with E-state index in [2.05, 4.69) is 15.0 Å². The molecule has 0 spiro atoms. The summed E-state index contributed by atoms with van der Waals surface area (Å²) in [6.07, 6.45) is 2.61. The molecule has 1 aliphatic heterocycles. The number of nitrogens with zero attached hydrogens (tertiary/aromatic N) is 2. The van der Waals surface area contributed by atoms with Crippen LogP contribution >= 0.6 is 11.6 Å². The van der Waals surface area contributed by atoms with Crippen molar-refractivity contribution in [3.05, 3.63) is 53.7 Å². The minimum Gasteiger partial charge on any atom is -0.343 e. The molecule has 1 aromatic heterocycles. The van der Waals surface area contributed by atoms with Crippen molar-refractivity contribution in [1.82, 2.24) is 14.6 Å². The average Bonchev–Trinajstić information content (AvgIpc) is 2.76. The zero-order valence-corrected chi connectivity index (χ0v) is 17.8. The number of pyridine rings is 1. The van der Waals surface area contributed by atoms with Crippen LogP contribution in [0.25, 0.3) is 0 Å². The Hall–Kier alpha value is -2.49. The van der Waals surface area contributed by atoms with Crippen LogP contribution in [0.15, 0.2) is 53.6 Å². The number of halogens is 1. The van der Waals surface area contributed by atoms with E-state index >= 15 is 0 Å². The van der Waals surface area contributed by atoms with E-state index in [0.29, 0.717) is 36.8 Å². The van der Waals surface area contributed by atoms with E-state index in [0.717, 1.165) is 0 Å². The summed E-state index contributed by atoms with van der Waals surface area (Å²) in [6.45, 7) is 0.936. The number of carbonyl (C=O) groups excluding carboxylic acids is 2. The van der Waals surface area contributed by atoms with E-state index in [-0.39, 0.29) is 35.6 Å². The lowest BCUT2D eigenvalue weighted by Crippen LogP contribution is -2.42. The van der Waals surface area contributed by atoms with Gasteiger partial charge in [-0.2, -0.15) is 0 Å². The Morgan fingerprint density at radius 1 is 1.10 bits per heavy atom. The van der Waals surface area contributed by atoms with Crippen LogP contribution in [-0.2, 0) is 19.6 Å². The van der Waals surface area contributed by atoms with Crippen molar-refractivity contribution in [3.8, 4) is 0 Å². The lowest BCUT2D eigenvalue weighted by Gasteiger charge is -2.31. The highest BCUT2D eigenvalue weighted by atomic mass is 35.5. The SMILES string of the molecule is O=C(Nc1ccc(Cl)cn1)C1CCN(C(=O)CCNS(=O)(=O)c2ccccc2)CC1. The van der Waals surface area contributed by atoms with Crippen LogP contribution in [0.2, 0.25) is 5.02 Å². The van der Waals surface area contributed by atoms with Crippen molar-refractivity contribution >= 4 is 39.3 Å².